The van der Waals surface area contributed by atoms with E-state index in [4.69, 9.17) is 9.47 Å². The van der Waals surface area contributed by atoms with Crippen LogP contribution in [0.3, 0.4) is 0 Å². The number of hydrogen-bond donors (Lipinski definition) is 1. The average molecular weight is 326 g/mol. The number of ether oxygens (including phenoxy) is 2. The highest BCUT2D eigenvalue weighted by atomic mass is 16.8. The Balaban J connectivity index is 2.27. The summed E-state index contributed by atoms with van der Waals surface area (Å²) in [7, 11) is 0. The Hall–Kier alpha value is -1.68. The summed E-state index contributed by atoms with van der Waals surface area (Å²) in [4.78, 5) is 0. The first-order valence-corrected chi connectivity index (χ1v) is 8.42. The van der Waals surface area contributed by atoms with Crippen molar-refractivity contribution in [2.75, 3.05) is 6.61 Å². The molecule has 3 nitrogen and oxygen atoms in total. The molecule has 2 aromatic carbocycles. The smallest absolute Gasteiger partial charge is 0.165 e. The van der Waals surface area contributed by atoms with Crippen LogP contribution in [0.2, 0.25) is 0 Å². The fraction of sp³-hybridized carbons (Fsp3) is 0.429. The molecule has 0 amide bonds. The van der Waals surface area contributed by atoms with E-state index in [2.05, 4.69) is 24.3 Å². The summed E-state index contributed by atoms with van der Waals surface area (Å²) in [5, 5.41) is 10.0. The van der Waals surface area contributed by atoms with Crippen molar-refractivity contribution in [3.8, 4) is 0 Å². The van der Waals surface area contributed by atoms with Gasteiger partial charge in [0.25, 0.3) is 0 Å². The molecule has 0 saturated carbocycles. The molecular weight excluding hydrogens is 300 g/mol. The monoisotopic (exact) mass is 326 g/mol. The molecule has 0 aliphatic carbocycles. The molecule has 0 bridgehead atoms. The van der Waals surface area contributed by atoms with Gasteiger partial charge in [-0.1, -0.05) is 74.5 Å². The lowest BCUT2D eigenvalue weighted by atomic mass is 9.71. The van der Waals surface area contributed by atoms with Gasteiger partial charge in [-0.25, -0.2) is 0 Å². The number of benzene rings is 2. The van der Waals surface area contributed by atoms with Crippen LogP contribution in [0.25, 0.3) is 0 Å². The van der Waals surface area contributed by atoms with E-state index in [-0.39, 0.29) is 12.7 Å². The number of rotatable bonds is 4. The molecule has 1 saturated heterocycles. The summed E-state index contributed by atoms with van der Waals surface area (Å²) in [5.74, 6) is -0.747. The van der Waals surface area contributed by atoms with Crippen LogP contribution in [0.15, 0.2) is 60.7 Å². The van der Waals surface area contributed by atoms with E-state index in [0.29, 0.717) is 0 Å². The van der Waals surface area contributed by atoms with E-state index < -0.39 is 16.8 Å². The van der Waals surface area contributed by atoms with Gasteiger partial charge in [-0.15, -0.1) is 0 Å². The predicted molar refractivity (Wildman–Crippen MR) is 94.6 cm³/mol. The Morgan fingerprint density at radius 2 is 1.38 bits per heavy atom. The molecule has 1 N–H and O–H groups in total. The van der Waals surface area contributed by atoms with Gasteiger partial charge < -0.3 is 14.6 Å². The minimum atomic E-state index is -0.766. The quantitative estimate of drug-likeness (QED) is 0.919. The van der Waals surface area contributed by atoms with Crippen molar-refractivity contribution in [2.24, 2.45) is 5.41 Å². The van der Waals surface area contributed by atoms with Crippen molar-refractivity contribution < 1.29 is 14.6 Å². The van der Waals surface area contributed by atoms with Crippen molar-refractivity contribution in [2.45, 2.75) is 45.2 Å². The molecule has 3 heteroatoms. The summed E-state index contributed by atoms with van der Waals surface area (Å²) in [6, 6.07) is 20.3. The zero-order valence-electron chi connectivity index (χ0n) is 14.8. The highest BCUT2D eigenvalue weighted by Gasteiger charge is 2.60. The Kier molecular flexibility index (Phi) is 4.28. The minimum absolute atomic E-state index is 0.0124. The highest BCUT2D eigenvalue weighted by molar-refractivity contribution is 5.40. The second-order valence-electron chi connectivity index (χ2n) is 7.61. The van der Waals surface area contributed by atoms with Gasteiger partial charge in [0.2, 0.25) is 0 Å². The largest absolute Gasteiger partial charge is 0.396 e. The lowest BCUT2D eigenvalue weighted by molar-refractivity contribution is -0.164. The van der Waals surface area contributed by atoms with Gasteiger partial charge >= 0.3 is 0 Å². The molecule has 0 radical (unpaired) electrons. The van der Waals surface area contributed by atoms with Crippen LogP contribution in [0.5, 0.6) is 0 Å². The molecule has 24 heavy (non-hydrogen) atoms. The zero-order chi connectivity index (χ0) is 17.4. The first-order valence-electron chi connectivity index (χ1n) is 8.42. The predicted octanol–water partition coefficient (Wildman–Crippen LogP) is 4.10. The topological polar surface area (TPSA) is 38.7 Å². The summed E-state index contributed by atoms with van der Waals surface area (Å²) in [6.07, 6.45) is -0.324. The molecule has 128 valence electrons. The summed E-state index contributed by atoms with van der Waals surface area (Å²) >= 11 is 0. The molecule has 3 rings (SSSR count). The number of hydrogen-bond acceptors (Lipinski definition) is 3. The van der Waals surface area contributed by atoms with Crippen molar-refractivity contribution in [3.05, 3.63) is 71.8 Å². The second-order valence-corrected chi connectivity index (χ2v) is 7.61. The fourth-order valence-corrected chi connectivity index (χ4v) is 3.58. The lowest BCUT2D eigenvalue weighted by Crippen LogP contribution is -2.48. The minimum Gasteiger partial charge on any atom is -0.396 e. The molecule has 0 aromatic heterocycles. The van der Waals surface area contributed by atoms with Gasteiger partial charge in [0.1, 0.15) is 11.7 Å². The van der Waals surface area contributed by atoms with Gasteiger partial charge in [-0.05, 0) is 25.0 Å². The van der Waals surface area contributed by atoms with Crippen LogP contribution in [-0.4, -0.2) is 23.6 Å². The molecule has 1 atom stereocenters. The first kappa shape index (κ1) is 17.2. The molecule has 2 aromatic rings. The average Bonchev–Trinajstić information content (AvgIpc) is 2.90. The molecule has 1 fully saturated rings. The van der Waals surface area contributed by atoms with E-state index in [1.807, 2.05) is 64.1 Å². The van der Waals surface area contributed by atoms with Gasteiger partial charge in [0.05, 0.1) is 6.61 Å². The molecule has 0 spiro atoms. The van der Waals surface area contributed by atoms with Crippen molar-refractivity contribution >= 4 is 0 Å². The van der Waals surface area contributed by atoms with Crippen LogP contribution in [0.1, 0.15) is 38.8 Å². The van der Waals surface area contributed by atoms with Crippen molar-refractivity contribution in [3.63, 3.8) is 0 Å². The van der Waals surface area contributed by atoms with Crippen LogP contribution in [-0.2, 0) is 15.1 Å². The van der Waals surface area contributed by atoms with E-state index in [0.717, 1.165) is 11.1 Å². The Morgan fingerprint density at radius 1 is 0.917 bits per heavy atom. The van der Waals surface area contributed by atoms with Gasteiger partial charge in [-0.2, -0.15) is 0 Å². The molecule has 1 aliphatic heterocycles. The molecule has 0 unspecified atom stereocenters. The summed E-state index contributed by atoms with van der Waals surface area (Å²) in [5.41, 5.74) is 0.833. The van der Waals surface area contributed by atoms with Crippen LogP contribution in [0.4, 0.5) is 0 Å². The first-order chi connectivity index (χ1) is 11.3. The highest BCUT2D eigenvalue weighted by Crippen LogP contribution is 2.53. The Morgan fingerprint density at radius 3 is 1.79 bits per heavy atom. The SMILES string of the molecule is CC1(C)O[C@H](C(C)(C)CO)C(c2ccccc2)(c2ccccc2)O1. The standard InChI is InChI=1S/C21H26O3/c1-19(2,15-22)18-21(24-20(3,4)23-18,16-11-7-5-8-12-16)17-13-9-6-10-14-17/h5-14,18,22H,15H2,1-4H3/t18-/m1/s1. The van der Waals surface area contributed by atoms with E-state index in [1.54, 1.807) is 0 Å². The maximum atomic E-state index is 10.0. The Labute approximate surface area is 144 Å². The second kappa shape index (κ2) is 5.99. The number of aliphatic hydroxyl groups is 1. The third-order valence-corrected chi connectivity index (χ3v) is 4.70. The van der Waals surface area contributed by atoms with Crippen LogP contribution in [0, 0.1) is 5.41 Å². The number of aliphatic hydroxyl groups excluding tert-OH is 1. The summed E-state index contributed by atoms with van der Waals surface area (Å²) < 4.78 is 12.9. The van der Waals surface area contributed by atoms with Gasteiger partial charge in [0.15, 0.2) is 5.79 Å². The van der Waals surface area contributed by atoms with E-state index in [9.17, 15) is 5.11 Å². The molecule has 1 heterocycles. The Bertz CT molecular complexity index is 637. The molecular formula is C21H26O3. The van der Waals surface area contributed by atoms with Crippen molar-refractivity contribution in [1.29, 1.82) is 0 Å². The van der Waals surface area contributed by atoms with Gasteiger partial charge in [0, 0.05) is 5.41 Å². The maximum absolute atomic E-state index is 10.0. The molecule has 1 aliphatic rings. The van der Waals surface area contributed by atoms with Crippen LogP contribution >= 0.6 is 0 Å². The van der Waals surface area contributed by atoms with Gasteiger partial charge in [-0.3, -0.25) is 0 Å². The van der Waals surface area contributed by atoms with E-state index in [1.165, 1.54) is 0 Å². The van der Waals surface area contributed by atoms with E-state index >= 15 is 0 Å². The van der Waals surface area contributed by atoms with Crippen molar-refractivity contribution in [1.82, 2.24) is 0 Å². The fourth-order valence-electron chi connectivity index (χ4n) is 3.58. The maximum Gasteiger partial charge on any atom is 0.165 e. The van der Waals surface area contributed by atoms with Crippen LogP contribution < -0.4 is 0 Å². The zero-order valence-corrected chi connectivity index (χ0v) is 14.8. The third kappa shape index (κ3) is 2.77. The normalized spacial score (nSPS) is 22.5. The lowest BCUT2D eigenvalue weighted by Gasteiger charge is -2.41. The third-order valence-electron chi connectivity index (χ3n) is 4.70. The summed E-state index contributed by atoms with van der Waals surface area (Å²) in [6.45, 7) is 7.91.